The molecule has 1 aliphatic heterocycles. The average molecular weight is 419 g/mol. The van der Waals surface area contributed by atoms with Gasteiger partial charge in [-0.05, 0) is 48.7 Å². The van der Waals surface area contributed by atoms with Crippen LogP contribution in [-0.2, 0) is 9.59 Å². The first-order valence-electron chi connectivity index (χ1n) is 10.1. The number of amides is 2. The van der Waals surface area contributed by atoms with Crippen molar-refractivity contribution in [1.82, 2.24) is 4.90 Å². The molecule has 7 nitrogen and oxygen atoms in total. The molecule has 1 heterocycles. The van der Waals surface area contributed by atoms with E-state index >= 15 is 0 Å². The highest BCUT2D eigenvalue weighted by Gasteiger charge is 2.26. The Bertz CT molecular complexity index is 974. The number of hydrogen-bond acceptors (Lipinski definition) is 5. The third-order valence-electron chi connectivity index (χ3n) is 5.12. The van der Waals surface area contributed by atoms with Crippen molar-refractivity contribution in [3.8, 4) is 17.6 Å². The summed E-state index contributed by atoms with van der Waals surface area (Å²) >= 11 is 0. The summed E-state index contributed by atoms with van der Waals surface area (Å²) in [6.07, 6.45) is 4.51. The van der Waals surface area contributed by atoms with E-state index in [0.29, 0.717) is 37.4 Å². The van der Waals surface area contributed by atoms with Crippen LogP contribution in [0.2, 0.25) is 0 Å². The molecular formula is C24H25N3O4. The zero-order chi connectivity index (χ0) is 22.1. The number of carbonyl (C=O) groups excluding carboxylic acids is 2. The van der Waals surface area contributed by atoms with Gasteiger partial charge in [-0.25, -0.2) is 0 Å². The summed E-state index contributed by atoms with van der Waals surface area (Å²) in [6, 6.07) is 16.5. The molecule has 2 amide bonds. The Balaban J connectivity index is 1.52. The van der Waals surface area contributed by atoms with Gasteiger partial charge in [-0.3, -0.25) is 9.59 Å². The Morgan fingerprint density at radius 3 is 2.58 bits per heavy atom. The number of nitrogens with zero attached hydrogens (tertiary/aromatic N) is 2. The van der Waals surface area contributed by atoms with E-state index in [2.05, 4.69) is 5.32 Å². The second-order valence-corrected chi connectivity index (χ2v) is 7.15. The number of para-hydroxylation sites is 1. The highest BCUT2D eigenvalue weighted by atomic mass is 16.5. The lowest BCUT2D eigenvalue weighted by Crippen LogP contribution is -2.40. The van der Waals surface area contributed by atoms with E-state index in [1.54, 1.807) is 29.2 Å². The minimum Gasteiger partial charge on any atom is -0.493 e. The van der Waals surface area contributed by atoms with Crippen molar-refractivity contribution in [3.05, 3.63) is 60.2 Å². The van der Waals surface area contributed by atoms with Gasteiger partial charge < -0.3 is 19.7 Å². The van der Waals surface area contributed by atoms with Crippen molar-refractivity contribution < 1.29 is 19.1 Å². The molecule has 1 N–H and O–H groups in total. The first-order chi connectivity index (χ1) is 15.1. The van der Waals surface area contributed by atoms with Gasteiger partial charge in [0.05, 0.1) is 7.11 Å². The van der Waals surface area contributed by atoms with E-state index in [1.165, 1.54) is 13.2 Å². The molecule has 0 radical (unpaired) electrons. The summed E-state index contributed by atoms with van der Waals surface area (Å²) in [4.78, 5) is 26.7. The first kappa shape index (κ1) is 21.9. The molecule has 0 saturated carbocycles. The molecule has 1 aliphatic rings. The smallest absolute Gasteiger partial charge is 0.246 e. The molecule has 3 rings (SSSR count). The van der Waals surface area contributed by atoms with Gasteiger partial charge in [0.2, 0.25) is 11.8 Å². The molecule has 2 aromatic rings. The number of likely N-dealkylation sites (tertiary alicyclic amines) is 1. The molecule has 0 atom stereocenters. The van der Waals surface area contributed by atoms with Gasteiger partial charge in [0.1, 0.15) is 6.07 Å². The summed E-state index contributed by atoms with van der Waals surface area (Å²) in [5.74, 6) is 0.780. The molecule has 0 unspecified atom stereocenters. The van der Waals surface area contributed by atoms with Crippen LogP contribution < -0.4 is 14.8 Å². The van der Waals surface area contributed by atoms with Crippen molar-refractivity contribution in [1.29, 1.82) is 5.26 Å². The number of nitriles is 1. The van der Waals surface area contributed by atoms with Crippen molar-refractivity contribution in [2.45, 2.75) is 12.8 Å². The molecule has 0 bridgehead atoms. The Morgan fingerprint density at radius 1 is 1.16 bits per heavy atom. The Hall–Kier alpha value is -3.79. The molecule has 160 valence electrons. The monoisotopic (exact) mass is 419 g/mol. The summed E-state index contributed by atoms with van der Waals surface area (Å²) < 4.78 is 10.6. The predicted molar refractivity (Wildman–Crippen MR) is 118 cm³/mol. The van der Waals surface area contributed by atoms with Gasteiger partial charge >= 0.3 is 0 Å². The number of piperidine rings is 1. The fourth-order valence-corrected chi connectivity index (χ4v) is 3.42. The molecule has 2 aromatic carbocycles. The van der Waals surface area contributed by atoms with Crippen LogP contribution in [0, 0.1) is 17.2 Å². The zero-order valence-electron chi connectivity index (χ0n) is 17.4. The van der Waals surface area contributed by atoms with Crippen LogP contribution in [-0.4, -0.2) is 43.5 Å². The fourth-order valence-electron chi connectivity index (χ4n) is 3.42. The van der Waals surface area contributed by atoms with Crippen LogP contribution in [0.25, 0.3) is 6.08 Å². The quantitative estimate of drug-likeness (QED) is 0.694. The summed E-state index contributed by atoms with van der Waals surface area (Å²) in [5.41, 5.74) is 1.57. The SMILES string of the molecule is COc1cc(/C=C/C(=O)N2CCC(C(=O)Nc3ccccc3)CC2)ccc1OCC#N. The number of benzene rings is 2. The van der Waals surface area contributed by atoms with Crippen LogP contribution in [0.15, 0.2) is 54.6 Å². The largest absolute Gasteiger partial charge is 0.493 e. The van der Waals surface area contributed by atoms with E-state index in [4.69, 9.17) is 14.7 Å². The third kappa shape index (κ3) is 6.09. The van der Waals surface area contributed by atoms with Gasteiger partial charge in [0.25, 0.3) is 0 Å². The van der Waals surface area contributed by atoms with Gasteiger partial charge in [0.15, 0.2) is 18.1 Å². The van der Waals surface area contributed by atoms with Crippen LogP contribution in [0.1, 0.15) is 18.4 Å². The Labute approximate surface area is 181 Å². The molecular weight excluding hydrogens is 394 g/mol. The predicted octanol–water partition coefficient (Wildman–Crippen LogP) is 3.49. The van der Waals surface area contributed by atoms with Crippen molar-refractivity contribution in [2.75, 3.05) is 32.1 Å². The van der Waals surface area contributed by atoms with Crippen LogP contribution in [0.3, 0.4) is 0 Å². The van der Waals surface area contributed by atoms with Crippen molar-refractivity contribution in [3.63, 3.8) is 0 Å². The summed E-state index contributed by atoms with van der Waals surface area (Å²) in [5, 5.41) is 11.6. The normalized spacial score (nSPS) is 14.1. The third-order valence-corrected chi connectivity index (χ3v) is 5.12. The molecule has 0 aromatic heterocycles. The number of hydrogen-bond donors (Lipinski definition) is 1. The topological polar surface area (TPSA) is 91.7 Å². The standard InChI is InChI=1S/C24H25N3O4/c1-30-22-17-18(7-9-21(22)31-16-13-25)8-10-23(28)27-14-11-19(12-15-27)24(29)26-20-5-3-2-4-6-20/h2-10,17,19H,11-12,14-16H2,1H3,(H,26,29)/b10-8+. The maximum atomic E-state index is 12.5. The average Bonchev–Trinajstić information content (AvgIpc) is 2.82. The zero-order valence-corrected chi connectivity index (χ0v) is 17.4. The number of ether oxygens (including phenoxy) is 2. The number of methoxy groups -OCH3 is 1. The minimum absolute atomic E-state index is 0.000331. The van der Waals surface area contributed by atoms with Gasteiger partial charge in [-0.2, -0.15) is 5.26 Å². The van der Waals surface area contributed by atoms with E-state index in [0.717, 1.165) is 11.3 Å². The summed E-state index contributed by atoms with van der Waals surface area (Å²) in [7, 11) is 1.52. The van der Waals surface area contributed by atoms with E-state index < -0.39 is 0 Å². The molecule has 0 aliphatic carbocycles. The van der Waals surface area contributed by atoms with E-state index in [9.17, 15) is 9.59 Å². The lowest BCUT2D eigenvalue weighted by Gasteiger charge is -2.30. The van der Waals surface area contributed by atoms with Crippen LogP contribution >= 0.6 is 0 Å². The number of nitrogens with one attached hydrogen (secondary N) is 1. The van der Waals surface area contributed by atoms with Gasteiger partial charge in [-0.1, -0.05) is 24.3 Å². The number of rotatable bonds is 7. The first-order valence-corrected chi connectivity index (χ1v) is 10.1. The van der Waals surface area contributed by atoms with Crippen LogP contribution in [0.5, 0.6) is 11.5 Å². The highest BCUT2D eigenvalue weighted by Crippen LogP contribution is 2.28. The lowest BCUT2D eigenvalue weighted by atomic mass is 9.95. The highest BCUT2D eigenvalue weighted by molar-refractivity contribution is 5.94. The second-order valence-electron chi connectivity index (χ2n) is 7.15. The molecule has 1 saturated heterocycles. The molecule has 0 spiro atoms. The Morgan fingerprint density at radius 2 is 1.90 bits per heavy atom. The number of anilines is 1. The van der Waals surface area contributed by atoms with E-state index in [1.807, 2.05) is 36.4 Å². The molecule has 31 heavy (non-hydrogen) atoms. The maximum Gasteiger partial charge on any atom is 0.246 e. The number of carbonyl (C=O) groups is 2. The lowest BCUT2D eigenvalue weighted by molar-refractivity contribution is -0.130. The van der Waals surface area contributed by atoms with Gasteiger partial charge in [0, 0.05) is 30.8 Å². The molecule has 7 heteroatoms. The van der Waals surface area contributed by atoms with Gasteiger partial charge in [-0.15, -0.1) is 0 Å². The summed E-state index contributed by atoms with van der Waals surface area (Å²) in [6.45, 7) is 1.02. The second kappa shape index (κ2) is 10.8. The van der Waals surface area contributed by atoms with Crippen molar-refractivity contribution >= 4 is 23.6 Å². The fraction of sp³-hybridized carbons (Fsp3) is 0.292. The Kier molecular flexibility index (Phi) is 7.66. The van der Waals surface area contributed by atoms with E-state index in [-0.39, 0.29) is 24.3 Å². The van der Waals surface area contributed by atoms with Crippen molar-refractivity contribution in [2.24, 2.45) is 5.92 Å². The maximum absolute atomic E-state index is 12.5. The molecule has 1 fully saturated rings. The minimum atomic E-state index is -0.0987. The van der Waals surface area contributed by atoms with Crippen LogP contribution in [0.4, 0.5) is 5.69 Å².